The quantitative estimate of drug-likeness (QED) is 0.589. The highest BCUT2D eigenvalue weighted by molar-refractivity contribution is 7.92. The van der Waals surface area contributed by atoms with Gasteiger partial charge < -0.3 is 0 Å². The average Bonchev–Trinajstić information content (AvgIpc) is 2.63. The summed E-state index contributed by atoms with van der Waals surface area (Å²) in [5.74, 6) is 0. The van der Waals surface area contributed by atoms with Gasteiger partial charge >= 0.3 is 0 Å². The van der Waals surface area contributed by atoms with Crippen LogP contribution in [-0.2, 0) is 10.0 Å². The summed E-state index contributed by atoms with van der Waals surface area (Å²) in [4.78, 5) is 0.204. The van der Waals surface area contributed by atoms with Crippen molar-refractivity contribution in [3.05, 3.63) is 101 Å². The van der Waals surface area contributed by atoms with Crippen molar-refractivity contribution in [2.24, 2.45) is 0 Å². The molecular weight excluding hydrogens is 378 g/mol. The van der Waals surface area contributed by atoms with E-state index in [1.807, 2.05) is 38.1 Å². The van der Waals surface area contributed by atoms with Gasteiger partial charge in [0.05, 0.1) is 10.6 Å². The van der Waals surface area contributed by atoms with E-state index in [4.69, 9.17) is 11.6 Å². The third kappa shape index (κ3) is 4.41. The zero-order valence-corrected chi connectivity index (χ0v) is 16.7. The van der Waals surface area contributed by atoms with Gasteiger partial charge in [-0.15, -0.1) is 0 Å². The third-order valence-corrected chi connectivity index (χ3v) is 5.90. The molecule has 0 unspecified atom stereocenters. The van der Waals surface area contributed by atoms with Gasteiger partial charge in [0.1, 0.15) is 0 Å². The summed E-state index contributed by atoms with van der Waals surface area (Å²) < 4.78 is 28.2. The molecule has 3 aromatic rings. The van der Waals surface area contributed by atoms with Crippen molar-refractivity contribution >= 4 is 32.9 Å². The van der Waals surface area contributed by atoms with E-state index >= 15 is 0 Å². The first-order valence-electron chi connectivity index (χ1n) is 8.41. The number of hydrogen-bond acceptors (Lipinski definition) is 2. The molecule has 3 aromatic carbocycles. The Balaban J connectivity index is 2.00. The number of halogens is 1. The maximum atomic E-state index is 12.8. The van der Waals surface area contributed by atoms with Gasteiger partial charge in [0, 0.05) is 10.6 Å². The van der Waals surface area contributed by atoms with Crippen LogP contribution < -0.4 is 4.72 Å². The van der Waals surface area contributed by atoms with Crippen molar-refractivity contribution in [1.29, 1.82) is 0 Å². The zero-order chi connectivity index (χ0) is 19.6. The number of sulfonamides is 1. The summed E-state index contributed by atoms with van der Waals surface area (Å²) in [5, 5.41) is 0.511. The molecule has 1 N–H and O–H groups in total. The Kier molecular flexibility index (Phi) is 5.40. The first kappa shape index (κ1) is 19.2. The van der Waals surface area contributed by atoms with Gasteiger partial charge in [-0.2, -0.15) is 0 Å². The smallest absolute Gasteiger partial charge is 0.261 e. The lowest BCUT2D eigenvalue weighted by Gasteiger charge is -2.15. The van der Waals surface area contributed by atoms with Crippen LogP contribution in [0.1, 0.15) is 22.3 Å². The Morgan fingerprint density at radius 2 is 1.44 bits per heavy atom. The summed E-state index contributed by atoms with van der Waals surface area (Å²) in [5.41, 5.74) is 4.80. The van der Waals surface area contributed by atoms with Gasteiger partial charge in [0.15, 0.2) is 0 Å². The minimum Gasteiger partial charge on any atom is -0.279 e. The molecule has 5 heteroatoms. The van der Waals surface area contributed by atoms with E-state index in [-0.39, 0.29) is 4.90 Å². The van der Waals surface area contributed by atoms with Crippen molar-refractivity contribution in [2.75, 3.05) is 4.72 Å². The average molecular weight is 398 g/mol. The number of anilines is 1. The van der Waals surface area contributed by atoms with Crippen molar-refractivity contribution < 1.29 is 8.42 Å². The molecule has 0 radical (unpaired) electrons. The fourth-order valence-electron chi connectivity index (χ4n) is 2.69. The first-order chi connectivity index (χ1) is 12.8. The highest BCUT2D eigenvalue weighted by Crippen LogP contribution is 2.32. The molecule has 0 aliphatic rings. The molecule has 0 fully saturated rings. The second kappa shape index (κ2) is 7.59. The summed E-state index contributed by atoms with van der Waals surface area (Å²) in [7, 11) is -3.72. The summed E-state index contributed by atoms with van der Waals surface area (Å²) in [6.07, 6.45) is 0. The molecule has 138 valence electrons. The minimum atomic E-state index is -3.72. The van der Waals surface area contributed by atoms with Crippen LogP contribution in [0.5, 0.6) is 0 Å². The Labute approximate surface area is 165 Å². The van der Waals surface area contributed by atoms with E-state index in [0.29, 0.717) is 21.8 Å². The van der Waals surface area contributed by atoms with Crippen LogP contribution in [0.25, 0.3) is 5.57 Å². The van der Waals surface area contributed by atoms with Gasteiger partial charge in [-0.25, -0.2) is 8.42 Å². The normalized spacial score (nSPS) is 11.2. The molecule has 0 atom stereocenters. The molecule has 0 aliphatic carbocycles. The molecule has 0 bridgehead atoms. The van der Waals surface area contributed by atoms with Crippen LogP contribution in [-0.4, -0.2) is 8.42 Å². The number of aryl methyl sites for hydroxylation is 2. The largest absolute Gasteiger partial charge is 0.279 e. The lowest BCUT2D eigenvalue weighted by atomic mass is 9.97. The second-order valence-electron chi connectivity index (χ2n) is 6.45. The molecule has 0 aliphatic heterocycles. The highest BCUT2D eigenvalue weighted by Gasteiger charge is 2.17. The Bertz CT molecular complexity index is 1090. The molecule has 0 saturated heterocycles. The predicted octanol–water partition coefficient (Wildman–Crippen LogP) is 5.82. The molecule has 0 aromatic heterocycles. The number of hydrogen-bond donors (Lipinski definition) is 1. The topological polar surface area (TPSA) is 46.2 Å². The lowest BCUT2D eigenvalue weighted by molar-refractivity contribution is 0.601. The summed E-state index contributed by atoms with van der Waals surface area (Å²) in [6.45, 7) is 8.06. The van der Waals surface area contributed by atoms with E-state index in [1.54, 1.807) is 42.5 Å². The number of nitrogens with one attached hydrogen (secondary N) is 1. The van der Waals surface area contributed by atoms with Crippen LogP contribution in [0.15, 0.2) is 78.2 Å². The first-order valence-corrected chi connectivity index (χ1v) is 10.3. The molecule has 3 nitrogen and oxygen atoms in total. The predicted molar refractivity (Wildman–Crippen MR) is 113 cm³/mol. The fourth-order valence-corrected chi connectivity index (χ4v) is 3.94. The molecule has 0 heterocycles. The van der Waals surface area contributed by atoms with Crippen LogP contribution in [0.2, 0.25) is 5.02 Å². The Hall–Kier alpha value is -2.56. The van der Waals surface area contributed by atoms with Crippen LogP contribution in [0, 0.1) is 13.8 Å². The van der Waals surface area contributed by atoms with E-state index in [1.165, 1.54) is 0 Å². The van der Waals surface area contributed by atoms with Gasteiger partial charge in [0.2, 0.25) is 0 Å². The fraction of sp³-hybridized carbons (Fsp3) is 0.0909. The molecule has 0 saturated carbocycles. The van der Waals surface area contributed by atoms with E-state index in [0.717, 1.165) is 16.7 Å². The Morgan fingerprint density at radius 1 is 0.889 bits per heavy atom. The molecule has 0 spiro atoms. The van der Waals surface area contributed by atoms with Crippen LogP contribution in [0.4, 0.5) is 5.69 Å². The van der Waals surface area contributed by atoms with Gasteiger partial charge in [-0.3, -0.25) is 4.72 Å². The SMILES string of the molecule is C=C(c1ccc(C)cc1)c1cc(Cl)ccc1NS(=O)(=O)c1ccc(C)cc1. The van der Waals surface area contributed by atoms with Gasteiger partial charge in [0.25, 0.3) is 10.0 Å². The van der Waals surface area contributed by atoms with Gasteiger partial charge in [-0.05, 0) is 55.3 Å². The maximum absolute atomic E-state index is 12.8. The summed E-state index contributed by atoms with van der Waals surface area (Å²) in [6, 6.07) is 19.6. The van der Waals surface area contributed by atoms with Crippen molar-refractivity contribution in [3.63, 3.8) is 0 Å². The van der Waals surface area contributed by atoms with Crippen LogP contribution >= 0.6 is 11.6 Å². The van der Waals surface area contributed by atoms with Crippen molar-refractivity contribution in [2.45, 2.75) is 18.7 Å². The molecule has 0 amide bonds. The maximum Gasteiger partial charge on any atom is 0.261 e. The molecular formula is C22H20ClNO2S. The van der Waals surface area contributed by atoms with E-state index < -0.39 is 10.0 Å². The van der Waals surface area contributed by atoms with E-state index in [2.05, 4.69) is 11.3 Å². The minimum absolute atomic E-state index is 0.204. The summed E-state index contributed by atoms with van der Waals surface area (Å²) >= 11 is 6.16. The van der Waals surface area contributed by atoms with Gasteiger partial charge in [-0.1, -0.05) is 65.7 Å². The Morgan fingerprint density at radius 3 is 2.04 bits per heavy atom. The second-order valence-corrected chi connectivity index (χ2v) is 8.57. The standard InChI is InChI=1S/C22H20ClNO2S/c1-15-4-8-18(9-5-15)17(3)21-14-19(23)10-13-22(21)24-27(25,26)20-11-6-16(2)7-12-20/h4-14,24H,3H2,1-2H3. The van der Waals surface area contributed by atoms with Crippen molar-refractivity contribution in [3.8, 4) is 0 Å². The van der Waals surface area contributed by atoms with Crippen molar-refractivity contribution in [1.82, 2.24) is 0 Å². The zero-order valence-electron chi connectivity index (χ0n) is 15.2. The molecule has 3 rings (SSSR count). The van der Waals surface area contributed by atoms with Crippen LogP contribution in [0.3, 0.4) is 0 Å². The lowest BCUT2D eigenvalue weighted by Crippen LogP contribution is -2.14. The number of benzene rings is 3. The monoisotopic (exact) mass is 397 g/mol. The highest BCUT2D eigenvalue weighted by atomic mass is 35.5. The molecule has 27 heavy (non-hydrogen) atoms. The number of rotatable bonds is 5. The third-order valence-electron chi connectivity index (χ3n) is 4.28. The van der Waals surface area contributed by atoms with E-state index in [9.17, 15) is 8.42 Å².